The zero-order valence-electron chi connectivity index (χ0n) is 29.8. The van der Waals surface area contributed by atoms with Crippen molar-refractivity contribution in [3.63, 3.8) is 0 Å². The number of fused-ring (bicyclic) bond motifs is 4. The number of benzene rings is 7. The van der Waals surface area contributed by atoms with Gasteiger partial charge in [-0.3, -0.25) is 0 Å². The van der Waals surface area contributed by atoms with Gasteiger partial charge in [-0.25, -0.2) is 0 Å². The van der Waals surface area contributed by atoms with Crippen LogP contribution in [-0.4, -0.2) is 0 Å². The monoisotopic (exact) mass is 649 g/mol. The third-order valence-corrected chi connectivity index (χ3v) is 9.95. The van der Waals surface area contributed by atoms with Crippen LogP contribution in [0.25, 0.3) is 55.0 Å². The molecule has 0 saturated heterocycles. The van der Waals surface area contributed by atoms with Crippen molar-refractivity contribution < 1.29 is 4.42 Å². The molecule has 2 nitrogen and oxygen atoms in total. The van der Waals surface area contributed by atoms with Crippen molar-refractivity contribution in [3.05, 3.63) is 163 Å². The minimum absolute atomic E-state index is 0.0183. The van der Waals surface area contributed by atoms with Gasteiger partial charge < -0.3 is 9.32 Å². The number of anilines is 3. The van der Waals surface area contributed by atoms with Crippen molar-refractivity contribution in [1.82, 2.24) is 0 Å². The van der Waals surface area contributed by atoms with Gasteiger partial charge in [0.15, 0.2) is 0 Å². The van der Waals surface area contributed by atoms with Gasteiger partial charge in [0.1, 0.15) is 11.2 Å². The van der Waals surface area contributed by atoms with Crippen LogP contribution in [0.4, 0.5) is 17.1 Å². The Morgan fingerprint density at radius 1 is 0.440 bits per heavy atom. The molecule has 1 heterocycles. The summed E-state index contributed by atoms with van der Waals surface area (Å²) in [5, 5.41) is 4.70. The second-order valence-electron chi connectivity index (χ2n) is 15.4. The predicted molar refractivity (Wildman–Crippen MR) is 214 cm³/mol. The molecule has 246 valence electrons. The van der Waals surface area contributed by atoms with Crippen molar-refractivity contribution in [2.45, 2.75) is 52.4 Å². The highest BCUT2D eigenvalue weighted by Crippen LogP contribution is 2.48. The van der Waals surface area contributed by atoms with Crippen LogP contribution in [0.5, 0.6) is 0 Å². The highest BCUT2D eigenvalue weighted by molar-refractivity contribution is 6.15. The molecule has 0 bridgehead atoms. The van der Waals surface area contributed by atoms with Crippen LogP contribution in [0.1, 0.15) is 52.7 Å². The summed E-state index contributed by atoms with van der Waals surface area (Å²) in [6.07, 6.45) is 0. The standard InChI is InChI=1S/C48H43NO/c1-47(2,3)34-29-33(30-35(31-34)48(4,5)6)37-23-14-17-32-18-15-24-39(45(32)37)38-21-10-12-25-41(38)49(36-19-8-7-9-20-36)42-26-16-28-44-46(42)40-22-11-13-27-43(40)50-44/h7-31H,1-6H3. The Labute approximate surface area is 295 Å². The van der Waals surface area contributed by atoms with E-state index in [0.717, 1.165) is 39.0 Å². The number of hydrogen-bond acceptors (Lipinski definition) is 2. The lowest BCUT2D eigenvalue weighted by Crippen LogP contribution is -2.16. The minimum atomic E-state index is 0.0183. The molecule has 8 rings (SSSR count). The lowest BCUT2D eigenvalue weighted by atomic mass is 9.78. The average molecular weight is 650 g/mol. The molecule has 50 heavy (non-hydrogen) atoms. The molecule has 0 atom stereocenters. The highest BCUT2D eigenvalue weighted by atomic mass is 16.3. The Morgan fingerprint density at radius 2 is 1.00 bits per heavy atom. The van der Waals surface area contributed by atoms with E-state index in [1.165, 1.54) is 44.2 Å². The summed E-state index contributed by atoms with van der Waals surface area (Å²) in [5.74, 6) is 0. The average Bonchev–Trinajstić information content (AvgIpc) is 3.51. The fourth-order valence-corrected chi connectivity index (χ4v) is 7.28. The topological polar surface area (TPSA) is 16.4 Å². The number of para-hydroxylation sites is 3. The number of hydrogen-bond donors (Lipinski definition) is 0. The summed E-state index contributed by atoms with van der Waals surface area (Å²) in [6.45, 7) is 13.9. The summed E-state index contributed by atoms with van der Waals surface area (Å²) < 4.78 is 6.39. The van der Waals surface area contributed by atoms with E-state index < -0.39 is 0 Å². The summed E-state index contributed by atoms with van der Waals surface area (Å²) in [7, 11) is 0. The molecular weight excluding hydrogens is 607 g/mol. The van der Waals surface area contributed by atoms with Gasteiger partial charge in [0, 0.05) is 16.6 Å². The molecule has 0 radical (unpaired) electrons. The molecule has 0 spiro atoms. The van der Waals surface area contributed by atoms with Crippen LogP contribution < -0.4 is 4.90 Å². The fourth-order valence-electron chi connectivity index (χ4n) is 7.28. The van der Waals surface area contributed by atoms with Gasteiger partial charge in [-0.2, -0.15) is 0 Å². The highest BCUT2D eigenvalue weighted by Gasteiger charge is 2.25. The van der Waals surface area contributed by atoms with Crippen LogP contribution in [0, 0.1) is 0 Å². The van der Waals surface area contributed by atoms with E-state index in [1.807, 2.05) is 6.07 Å². The van der Waals surface area contributed by atoms with Gasteiger partial charge in [-0.1, -0.05) is 157 Å². The second kappa shape index (κ2) is 12.1. The van der Waals surface area contributed by atoms with Gasteiger partial charge in [-0.05, 0) is 85.8 Å². The Balaban J connectivity index is 1.42. The Morgan fingerprint density at radius 3 is 1.72 bits per heavy atom. The van der Waals surface area contributed by atoms with Gasteiger partial charge in [0.2, 0.25) is 0 Å². The Bertz CT molecular complexity index is 2470. The van der Waals surface area contributed by atoms with E-state index in [1.54, 1.807) is 0 Å². The molecule has 2 heteroatoms. The van der Waals surface area contributed by atoms with Gasteiger partial charge in [0.25, 0.3) is 0 Å². The lowest BCUT2D eigenvalue weighted by Gasteiger charge is -2.29. The zero-order chi connectivity index (χ0) is 34.6. The summed E-state index contributed by atoms with van der Waals surface area (Å²) in [5.41, 5.74) is 12.7. The molecule has 0 saturated carbocycles. The van der Waals surface area contributed by atoms with E-state index >= 15 is 0 Å². The maximum absolute atomic E-state index is 6.39. The largest absolute Gasteiger partial charge is 0.456 e. The SMILES string of the molecule is CC(C)(C)c1cc(-c2cccc3cccc(-c4ccccc4N(c4ccccc4)c4cccc5oc6ccccc6c45)c23)cc(C(C)(C)C)c1. The molecular formula is C48H43NO. The maximum Gasteiger partial charge on any atom is 0.137 e. The third kappa shape index (κ3) is 5.55. The van der Waals surface area contributed by atoms with Crippen molar-refractivity contribution in [2.75, 3.05) is 4.90 Å². The molecule has 0 aliphatic carbocycles. The summed E-state index contributed by atoms with van der Waals surface area (Å²) in [6, 6.07) is 55.0. The number of rotatable bonds is 5. The Kier molecular flexibility index (Phi) is 7.64. The number of nitrogens with zero attached hydrogens (tertiary/aromatic N) is 1. The molecule has 1 aromatic heterocycles. The van der Waals surface area contributed by atoms with E-state index in [0.29, 0.717) is 0 Å². The summed E-state index contributed by atoms with van der Waals surface area (Å²) in [4.78, 5) is 2.40. The molecule has 0 fully saturated rings. The maximum atomic E-state index is 6.39. The first-order valence-electron chi connectivity index (χ1n) is 17.6. The molecule has 0 N–H and O–H groups in total. The normalized spacial score (nSPS) is 12.2. The molecule has 0 aliphatic rings. The molecule has 0 unspecified atom stereocenters. The fraction of sp³-hybridized carbons (Fsp3) is 0.167. The van der Waals surface area contributed by atoms with Crippen molar-refractivity contribution in [3.8, 4) is 22.3 Å². The van der Waals surface area contributed by atoms with Crippen LogP contribution in [0.2, 0.25) is 0 Å². The molecule has 8 aromatic rings. The minimum Gasteiger partial charge on any atom is -0.456 e. The lowest BCUT2D eigenvalue weighted by molar-refractivity contribution is 0.569. The van der Waals surface area contributed by atoms with Crippen LogP contribution in [0.3, 0.4) is 0 Å². The first-order valence-corrected chi connectivity index (χ1v) is 17.6. The molecule has 0 aliphatic heterocycles. The quantitative estimate of drug-likeness (QED) is 0.184. The predicted octanol–water partition coefficient (Wildman–Crippen LogP) is 14.1. The second-order valence-corrected chi connectivity index (χ2v) is 15.4. The third-order valence-electron chi connectivity index (χ3n) is 9.95. The van der Waals surface area contributed by atoms with Crippen LogP contribution >= 0.6 is 0 Å². The van der Waals surface area contributed by atoms with Gasteiger partial charge in [0.05, 0.1) is 16.8 Å². The van der Waals surface area contributed by atoms with Gasteiger partial charge >= 0.3 is 0 Å². The van der Waals surface area contributed by atoms with E-state index in [-0.39, 0.29) is 10.8 Å². The van der Waals surface area contributed by atoms with Crippen molar-refractivity contribution in [1.29, 1.82) is 0 Å². The van der Waals surface area contributed by atoms with E-state index in [9.17, 15) is 0 Å². The summed E-state index contributed by atoms with van der Waals surface area (Å²) >= 11 is 0. The first kappa shape index (κ1) is 31.7. The molecule has 0 amide bonds. The molecule has 7 aromatic carbocycles. The zero-order valence-corrected chi connectivity index (χ0v) is 29.8. The first-order chi connectivity index (χ1) is 24.1. The van der Waals surface area contributed by atoms with E-state index in [2.05, 4.69) is 192 Å². The van der Waals surface area contributed by atoms with E-state index in [4.69, 9.17) is 4.42 Å². The smallest absolute Gasteiger partial charge is 0.137 e. The van der Waals surface area contributed by atoms with Gasteiger partial charge in [-0.15, -0.1) is 0 Å². The van der Waals surface area contributed by atoms with Crippen LogP contribution in [0.15, 0.2) is 156 Å². The van der Waals surface area contributed by atoms with Crippen molar-refractivity contribution >= 4 is 49.8 Å². The Hall–Kier alpha value is -5.60. The van der Waals surface area contributed by atoms with Crippen molar-refractivity contribution in [2.24, 2.45) is 0 Å². The number of furan rings is 1. The van der Waals surface area contributed by atoms with Crippen LogP contribution in [-0.2, 0) is 10.8 Å².